The normalized spacial score (nSPS) is 12.9. The van der Waals surface area contributed by atoms with E-state index in [9.17, 15) is 9.59 Å². The van der Waals surface area contributed by atoms with Crippen LogP contribution in [0.25, 0.3) is 10.8 Å². The highest BCUT2D eigenvalue weighted by Crippen LogP contribution is 2.19. The molecule has 0 heterocycles. The van der Waals surface area contributed by atoms with Crippen molar-refractivity contribution in [3.8, 4) is 0 Å². The minimum atomic E-state index is -0.745. The number of hydrogen-bond acceptors (Lipinski definition) is 4. The van der Waals surface area contributed by atoms with Crippen LogP contribution in [0.1, 0.15) is 24.0 Å². The van der Waals surface area contributed by atoms with Crippen molar-refractivity contribution in [2.75, 3.05) is 11.9 Å². The highest BCUT2D eigenvalue weighted by molar-refractivity contribution is 5.99. The lowest BCUT2D eigenvalue weighted by molar-refractivity contribution is -0.127. The summed E-state index contributed by atoms with van der Waals surface area (Å²) in [7, 11) is 0. The summed E-state index contributed by atoms with van der Waals surface area (Å²) in [6.07, 6.45) is 1.50. The maximum atomic E-state index is 13.1. The predicted molar refractivity (Wildman–Crippen MR) is 126 cm³/mol. The van der Waals surface area contributed by atoms with E-state index in [1.165, 1.54) is 0 Å². The fourth-order valence-corrected chi connectivity index (χ4v) is 3.41. The molecule has 3 aromatic rings. The number of rotatable bonds is 9. The summed E-state index contributed by atoms with van der Waals surface area (Å²) in [6.45, 7) is 2.47. The molecule has 2 atom stereocenters. The second kappa shape index (κ2) is 10.7. The summed E-state index contributed by atoms with van der Waals surface area (Å²) in [5.74, 6) is -0.630. The number of benzene rings is 3. The van der Waals surface area contributed by atoms with Gasteiger partial charge in [0.15, 0.2) is 0 Å². The number of anilines is 1. The molecule has 0 saturated heterocycles. The van der Waals surface area contributed by atoms with Crippen LogP contribution in [0.5, 0.6) is 0 Å². The third-order valence-electron chi connectivity index (χ3n) is 5.27. The molecule has 0 aromatic heterocycles. The van der Waals surface area contributed by atoms with E-state index in [-0.39, 0.29) is 11.8 Å². The molecule has 0 aliphatic heterocycles. The molecule has 0 bridgehead atoms. The Bertz CT molecular complexity index is 1030. The molecule has 0 unspecified atom stereocenters. The van der Waals surface area contributed by atoms with Gasteiger partial charge in [0, 0.05) is 12.1 Å². The van der Waals surface area contributed by atoms with E-state index in [1.807, 2.05) is 73.7 Å². The van der Waals surface area contributed by atoms with Gasteiger partial charge in [-0.1, -0.05) is 60.2 Å². The Labute approximate surface area is 183 Å². The van der Waals surface area contributed by atoms with Gasteiger partial charge in [0.2, 0.25) is 11.8 Å². The molecule has 2 amide bonds. The average molecular weight is 419 g/mol. The van der Waals surface area contributed by atoms with Crippen molar-refractivity contribution in [2.45, 2.75) is 38.3 Å². The molecular weight excluding hydrogens is 388 g/mol. The molecule has 162 valence electrons. The summed E-state index contributed by atoms with van der Waals surface area (Å²) in [5.41, 5.74) is 14.3. The lowest BCUT2D eigenvalue weighted by atomic mass is 10.0. The molecule has 0 saturated carbocycles. The molecule has 3 rings (SSSR count). The maximum Gasteiger partial charge on any atom is 0.247 e. The predicted octanol–water partition coefficient (Wildman–Crippen LogP) is 2.88. The summed E-state index contributed by atoms with van der Waals surface area (Å²) < 4.78 is 0. The fourth-order valence-electron chi connectivity index (χ4n) is 3.41. The van der Waals surface area contributed by atoms with Crippen LogP contribution in [-0.2, 0) is 16.0 Å². The van der Waals surface area contributed by atoms with Gasteiger partial charge in [0.05, 0.1) is 6.04 Å². The minimum Gasteiger partial charge on any atom is -0.343 e. The number of carbonyl (C=O) groups excluding carboxylic acids is 2. The summed E-state index contributed by atoms with van der Waals surface area (Å²) in [6, 6.07) is 20.1. The largest absolute Gasteiger partial charge is 0.343 e. The van der Waals surface area contributed by atoms with Crippen LogP contribution in [0, 0.1) is 6.92 Å². The van der Waals surface area contributed by atoms with Crippen molar-refractivity contribution < 1.29 is 9.59 Å². The zero-order valence-corrected chi connectivity index (χ0v) is 17.8. The summed E-state index contributed by atoms with van der Waals surface area (Å²) in [5, 5.41) is 7.89. The van der Waals surface area contributed by atoms with Gasteiger partial charge < -0.3 is 22.1 Å². The van der Waals surface area contributed by atoms with Crippen molar-refractivity contribution in [3.63, 3.8) is 0 Å². The SMILES string of the molecule is Cc1ccc(C[C@@H](NC(=O)[C@H](N)CCCN)C(=O)Nc2ccc3ccccc3c2)cc1. The number of aryl methyl sites for hydroxylation is 1. The molecule has 0 spiro atoms. The first-order valence-electron chi connectivity index (χ1n) is 10.6. The van der Waals surface area contributed by atoms with E-state index >= 15 is 0 Å². The molecule has 0 aliphatic carbocycles. The average Bonchev–Trinajstić information content (AvgIpc) is 2.78. The highest BCUT2D eigenvalue weighted by atomic mass is 16.2. The quantitative estimate of drug-likeness (QED) is 0.428. The zero-order valence-electron chi connectivity index (χ0n) is 17.8. The highest BCUT2D eigenvalue weighted by Gasteiger charge is 2.24. The Morgan fingerprint density at radius 2 is 1.65 bits per heavy atom. The smallest absolute Gasteiger partial charge is 0.247 e. The van der Waals surface area contributed by atoms with Gasteiger partial charge in [-0.2, -0.15) is 0 Å². The third-order valence-corrected chi connectivity index (χ3v) is 5.27. The van der Waals surface area contributed by atoms with Crippen molar-refractivity contribution in [3.05, 3.63) is 77.9 Å². The van der Waals surface area contributed by atoms with Gasteiger partial charge in [-0.3, -0.25) is 9.59 Å². The molecule has 0 aliphatic rings. The van der Waals surface area contributed by atoms with E-state index in [1.54, 1.807) is 0 Å². The lowest BCUT2D eigenvalue weighted by Gasteiger charge is -2.21. The molecule has 0 fully saturated rings. The summed E-state index contributed by atoms with van der Waals surface area (Å²) in [4.78, 5) is 25.7. The minimum absolute atomic E-state index is 0.282. The van der Waals surface area contributed by atoms with Gasteiger partial charge >= 0.3 is 0 Å². The monoisotopic (exact) mass is 418 g/mol. The second-order valence-corrected chi connectivity index (χ2v) is 7.84. The Hall–Kier alpha value is -3.22. The second-order valence-electron chi connectivity index (χ2n) is 7.84. The molecule has 31 heavy (non-hydrogen) atoms. The first-order valence-corrected chi connectivity index (χ1v) is 10.6. The maximum absolute atomic E-state index is 13.1. The zero-order chi connectivity index (χ0) is 22.2. The van der Waals surface area contributed by atoms with Gasteiger partial charge in [0.25, 0.3) is 0 Å². The van der Waals surface area contributed by atoms with Crippen molar-refractivity contribution in [2.24, 2.45) is 11.5 Å². The van der Waals surface area contributed by atoms with E-state index in [4.69, 9.17) is 11.5 Å². The third kappa shape index (κ3) is 6.38. The van der Waals surface area contributed by atoms with E-state index in [2.05, 4.69) is 10.6 Å². The molecule has 6 N–H and O–H groups in total. The number of carbonyl (C=O) groups is 2. The molecule has 3 aromatic carbocycles. The Morgan fingerprint density at radius 3 is 2.35 bits per heavy atom. The van der Waals surface area contributed by atoms with E-state index in [0.717, 1.165) is 21.9 Å². The van der Waals surface area contributed by atoms with Gasteiger partial charge in [0.1, 0.15) is 6.04 Å². The lowest BCUT2D eigenvalue weighted by Crippen LogP contribution is -2.51. The molecule has 6 nitrogen and oxygen atoms in total. The Kier molecular flexibility index (Phi) is 7.76. The molecule has 6 heteroatoms. The van der Waals surface area contributed by atoms with E-state index < -0.39 is 12.1 Å². The van der Waals surface area contributed by atoms with Crippen molar-refractivity contribution in [1.29, 1.82) is 0 Å². The number of nitrogens with one attached hydrogen (secondary N) is 2. The van der Waals surface area contributed by atoms with Crippen LogP contribution in [0.2, 0.25) is 0 Å². The fraction of sp³-hybridized carbons (Fsp3) is 0.280. The van der Waals surface area contributed by atoms with Crippen LogP contribution < -0.4 is 22.1 Å². The Balaban J connectivity index is 1.76. The number of nitrogens with two attached hydrogens (primary N) is 2. The standard InChI is InChI=1S/C25H30N4O2/c1-17-8-10-18(11-9-17)15-23(29-24(30)22(27)7-4-14-26)25(31)28-21-13-12-19-5-2-3-6-20(19)16-21/h2-3,5-6,8-13,16,22-23H,4,7,14-15,26-27H2,1H3,(H,28,31)(H,29,30)/t22-,23-/m1/s1. The Morgan fingerprint density at radius 1 is 0.935 bits per heavy atom. The van der Waals surface area contributed by atoms with Crippen molar-refractivity contribution >= 4 is 28.3 Å². The first-order chi connectivity index (χ1) is 15.0. The summed E-state index contributed by atoms with van der Waals surface area (Å²) >= 11 is 0. The number of fused-ring (bicyclic) bond motifs is 1. The van der Waals surface area contributed by atoms with Crippen LogP contribution >= 0.6 is 0 Å². The van der Waals surface area contributed by atoms with Crippen LogP contribution in [-0.4, -0.2) is 30.4 Å². The van der Waals surface area contributed by atoms with Crippen molar-refractivity contribution in [1.82, 2.24) is 5.32 Å². The number of hydrogen-bond donors (Lipinski definition) is 4. The van der Waals surface area contributed by atoms with Gasteiger partial charge in [-0.25, -0.2) is 0 Å². The molecule has 0 radical (unpaired) electrons. The van der Waals surface area contributed by atoms with Crippen LogP contribution in [0.4, 0.5) is 5.69 Å². The van der Waals surface area contributed by atoms with Gasteiger partial charge in [-0.15, -0.1) is 0 Å². The van der Waals surface area contributed by atoms with E-state index in [0.29, 0.717) is 31.5 Å². The van der Waals surface area contributed by atoms with Crippen LogP contribution in [0.15, 0.2) is 66.7 Å². The number of amides is 2. The molecular formula is C25H30N4O2. The van der Waals surface area contributed by atoms with Crippen LogP contribution in [0.3, 0.4) is 0 Å². The van der Waals surface area contributed by atoms with Gasteiger partial charge in [-0.05, 0) is 54.8 Å². The first kappa shape index (κ1) is 22.5. The topological polar surface area (TPSA) is 110 Å².